The molecule has 1 saturated carbocycles. The Morgan fingerprint density at radius 1 is 0.917 bits per heavy atom. The number of fused-ring (bicyclic) bond motifs is 1. The molecular formula is C27H34ClN3O5. The summed E-state index contributed by atoms with van der Waals surface area (Å²) < 4.78 is 0. The first kappa shape index (κ1) is 27.5. The molecule has 0 saturated heterocycles. The third-order valence-electron chi connectivity index (χ3n) is 6.41. The van der Waals surface area contributed by atoms with Crippen LogP contribution in [0.4, 0.5) is 5.69 Å². The summed E-state index contributed by atoms with van der Waals surface area (Å²) in [4.78, 5) is 31.7. The number of aliphatic carboxylic acids is 2. The molecule has 0 aromatic heterocycles. The summed E-state index contributed by atoms with van der Waals surface area (Å²) in [5, 5.41) is 26.7. The van der Waals surface area contributed by atoms with Crippen LogP contribution < -0.4 is 16.0 Å². The van der Waals surface area contributed by atoms with Crippen molar-refractivity contribution < 1.29 is 24.6 Å². The van der Waals surface area contributed by atoms with E-state index in [1.165, 1.54) is 24.0 Å². The second kappa shape index (κ2) is 13.8. The number of anilines is 1. The van der Waals surface area contributed by atoms with Crippen LogP contribution in [-0.2, 0) is 29.0 Å². The van der Waals surface area contributed by atoms with Crippen LogP contribution in [0, 0.1) is 0 Å². The van der Waals surface area contributed by atoms with Gasteiger partial charge in [0.15, 0.2) is 0 Å². The highest BCUT2D eigenvalue weighted by molar-refractivity contribution is 6.33. The number of nitrogens with one attached hydrogen (secondary N) is 3. The third kappa shape index (κ3) is 8.53. The number of hydrogen-bond acceptors (Lipinski definition) is 5. The van der Waals surface area contributed by atoms with Gasteiger partial charge in [0.1, 0.15) is 0 Å². The molecule has 2 aromatic carbocycles. The van der Waals surface area contributed by atoms with E-state index in [9.17, 15) is 14.4 Å². The fourth-order valence-electron chi connectivity index (χ4n) is 4.45. The molecule has 0 atom stereocenters. The summed E-state index contributed by atoms with van der Waals surface area (Å²) in [6.45, 7) is 2.68. The van der Waals surface area contributed by atoms with Gasteiger partial charge in [-0.2, -0.15) is 0 Å². The average molecular weight is 516 g/mol. The Kier molecular flexibility index (Phi) is 10.6. The van der Waals surface area contributed by atoms with Crippen LogP contribution in [0.15, 0.2) is 36.4 Å². The van der Waals surface area contributed by atoms with Gasteiger partial charge in [0.05, 0.1) is 23.6 Å². The monoisotopic (exact) mass is 515 g/mol. The maximum Gasteiger partial charge on any atom is 0.303 e. The maximum absolute atomic E-state index is 12.4. The molecule has 0 bridgehead atoms. The summed E-state index contributed by atoms with van der Waals surface area (Å²) in [5.74, 6) is -2.12. The van der Waals surface area contributed by atoms with Gasteiger partial charge in [0, 0.05) is 18.2 Å². The maximum atomic E-state index is 12.4. The number of carbonyl (C=O) groups is 3. The summed E-state index contributed by atoms with van der Waals surface area (Å²) >= 11 is 6.49. The number of carboxylic acids is 2. The standard InChI is InChI=1S/C23H28ClN3O.C4H6O4/c24-21-10-9-17-11-13-25-14-12-20(17)22(21)26-15-16-5-7-18(8-6-16)23(28)27-19-3-1-2-4-19;5-3(6)1-2-4(7)8/h5-10,19,25-26H,1-4,11-15H2,(H,27,28);1-2H2,(H,5,6)(H,7,8). The van der Waals surface area contributed by atoms with Crippen LogP contribution in [-0.4, -0.2) is 47.2 Å². The quantitative estimate of drug-likeness (QED) is 0.355. The van der Waals surface area contributed by atoms with Gasteiger partial charge in [-0.05, 0) is 73.7 Å². The first-order valence-corrected chi connectivity index (χ1v) is 12.8. The smallest absolute Gasteiger partial charge is 0.303 e. The minimum Gasteiger partial charge on any atom is -0.481 e. The van der Waals surface area contributed by atoms with Crippen LogP contribution in [0.1, 0.15) is 65.6 Å². The molecule has 2 aromatic rings. The van der Waals surface area contributed by atoms with Crippen molar-refractivity contribution in [3.8, 4) is 0 Å². The Morgan fingerprint density at radius 3 is 2.19 bits per heavy atom. The lowest BCUT2D eigenvalue weighted by atomic mass is 10.0. The van der Waals surface area contributed by atoms with E-state index in [1.54, 1.807) is 0 Å². The van der Waals surface area contributed by atoms with Crippen LogP contribution in [0.2, 0.25) is 5.02 Å². The van der Waals surface area contributed by atoms with Crippen molar-refractivity contribution in [2.24, 2.45) is 0 Å². The zero-order valence-corrected chi connectivity index (χ0v) is 21.1. The first-order chi connectivity index (χ1) is 17.3. The van der Waals surface area contributed by atoms with Crippen molar-refractivity contribution >= 4 is 35.1 Å². The Balaban J connectivity index is 0.000000392. The molecule has 2 aliphatic rings. The first-order valence-electron chi connectivity index (χ1n) is 12.4. The molecule has 194 valence electrons. The van der Waals surface area contributed by atoms with E-state index in [-0.39, 0.29) is 18.7 Å². The Labute approximate surface area is 216 Å². The molecule has 1 aliphatic heterocycles. The van der Waals surface area contributed by atoms with Gasteiger partial charge in [-0.25, -0.2) is 0 Å². The number of benzene rings is 2. The van der Waals surface area contributed by atoms with Gasteiger partial charge < -0.3 is 26.2 Å². The minimum absolute atomic E-state index is 0.0373. The van der Waals surface area contributed by atoms with Crippen molar-refractivity contribution in [3.63, 3.8) is 0 Å². The largest absolute Gasteiger partial charge is 0.481 e. The van der Waals surface area contributed by atoms with Crippen LogP contribution >= 0.6 is 11.6 Å². The molecule has 9 heteroatoms. The van der Waals surface area contributed by atoms with Crippen molar-refractivity contribution in [1.29, 1.82) is 0 Å². The summed E-state index contributed by atoms with van der Waals surface area (Å²) in [7, 11) is 0. The van der Waals surface area contributed by atoms with Gasteiger partial charge in [-0.1, -0.05) is 42.6 Å². The molecule has 0 radical (unpaired) electrons. The van der Waals surface area contributed by atoms with Crippen molar-refractivity contribution in [2.75, 3.05) is 18.4 Å². The van der Waals surface area contributed by atoms with Crippen molar-refractivity contribution in [2.45, 2.75) is 64.0 Å². The van der Waals surface area contributed by atoms with E-state index < -0.39 is 11.9 Å². The lowest BCUT2D eigenvalue weighted by molar-refractivity contribution is -0.143. The number of hydrogen-bond donors (Lipinski definition) is 5. The number of rotatable bonds is 8. The summed E-state index contributed by atoms with van der Waals surface area (Å²) in [6, 6.07) is 12.4. The fourth-order valence-corrected chi connectivity index (χ4v) is 4.70. The molecule has 5 N–H and O–H groups in total. The zero-order chi connectivity index (χ0) is 25.9. The molecule has 0 spiro atoms. The molecule has 8 nitrogen and oxygen atoms in total. The molecule has 1 fully saturated rings. The second-order valence-corrected chi connectivity index (χ2v) is 9.51. The fraction of sp³-hybridized carbons (Fsp3) is 0.444. The number of carbonyl (C=O) groups excluding carboxylic acids is 1. The number of halogens is 1. The molecule has 1 heterocycles. The van der Waals surface area contributed by atoms with E-state index in [1.807, 2.05) is 30.3 Å². The van der Waals surface area contributed by atoms with Crippen molar-refractivity contribution in [3.05, 3.63) is 63.7 Å². The van der Waals surface area contributed by atoms with E-state index in [2.05, 4.69) is 22.0 Å². The van der Waals surface area contributed by atoms with Crippen LogP contribution in [0.25, 0.3) is 0 Å². The predicted octanol–water partition coefficient (Wildman–Crippen LogP) is 4.25. The molecule has 0 unspecified atom stereocenters. The SMILES string of the molecule is O=C(NC1CCCC1)c1ccc(CNc2c(Cl)ccc3c2CCNCC3)cc1.O=C(O)CCC(=O)O. The van der Waals surface area contributed by atoms with Gasteiger partial charge in [0.2, 0.25) is 0 Å². The normalized spacial score (nSPS) is 15.1. The summed E-state index contributed by atoms with van der Waals surface area (Å²) in [6.07, 6.45) is 6.07. The highest BCUT2D eigenvalue weighted by Crippen LogP contribution is 2.31. The topological polar surface area (TPSA) is 128 Å². The third-order valence-corrected chi connectivity index (χ3v) is 6.73. The lowest BCUT2D eigenvalue weighted by Crippen LogP contribution is -2.32. The predicted molar refractivity (Wildman–Crippen MR) is 140 cm³/mol. The Bertz CT molecular complexity index is 1040. The molecule has 1 amide bonds. The minimum atomic E-state index is -1.08. The molecule has 4 rings (SSSR count). The lowest BCUT2D eigenvalue weighted by Gasteiger charge is -2.16. The van der Waals surface area contributed by atoms with E-state index in [4.69, 9.17) is 21.8 Å². The van der Waals surface area contributed by atoms with E-state index >= 15 is 0 Å². The molecule has 36 heavy (non-hydrogen) atoms. The Hall–Kier alpha value is -3.10. The van der Waals surface area contributed by atoms with Gasteiger partial charge >= 0.3 is 11.9 Å². The van der Waals surface area contributed by atoms with E-state index in [0.717, 1.165) is 60.6 Å². The highest BCUT2D eigenvalue weighted by Gasteiger charge is 2.18. The zero-order valence-electron chi connectivity index (χ0n) is 20.3. The number of amides is 1. The van der Waals surface area contributed by atoms with Gasteiger partial charge in [-0.3, -0.25) is 14.4 Å². The highest BCUT2D eigenvalue weighted by atomic mass is 35.5. The van der Waals surface area contributed by atoms with Crippen LogP contribution in [0.3, 0.4) is 0 Å². The van der Waals surface area contributed by atoms with Crippen molar-refractivity contribution in [1.82, 2.24) is 10.6 Å². The molecular weight excluding hydrogens is 482 g/mol. The second-order valence-electron chi connectivity index (χ2n) is 9.10. The Morgan fingerprint density at radius 2 is 1.56 bits per heavy atom. The van der Waals surface area contributed by atoms with Gasteiger partial charge in [-0.15, -0.1) is 0 Å². The average Bonchev–Trinajstić information content (AvgIpc) is 3.25. The van der Waals surface area contributed by atoms with Crippen LogP contribution in [0.5, 0.6) is 0 Å². The van der Waals surface area contributed by atoms with Gasteiger partial charge in [0.25, 0.3) is 5.91 Å². The van der Waals surface area contributed by atoms with E-state index in [0.29, 0.717) is 12.6 Å². The number of carboxylic acid groups (broad SMARTS) is 2. The summed E-state index contributed by atoms with van der Waals surface area (Å²) in [5.41, 5.74) is 5.61. The molecule has 1 aliphatic carbocycles.